The van der Waals surface area contributed by atoms with Gasteiger partial charge in [-0.3, -0.25) is 0 Å². The molecule has 0 aromatic heterocycles. The number of piperazine rings is 1. The Hall–Kier alpha value is -0.750. The number of nitrogens with zero attached hydrogens (tertiary/aromatic N) is 1. The first-order valence-electron chi connectivity index (χ1n) is 6.64. The fourth-order valence-electron chi connectivity index (χ4n) is 2.39. The summed E-state index contributed by atoms with van der Waals surface area (Å²) in [7, 11) is 0. The van der Waals surface area contributed by atoms with Gasteiger partial charge in [-0.2, -0.15) is 13.2 Å². The third kappa shape index (κ3) is 3.47. The Kier molecular flexibility index (Phi) is 4.64. The molecule has 0 saturated carbocycles. The average Bonchev–Trinajstić information content (AvgIpc) is 2.38. The van der Waals surface area contributed by atoms with Crippen LogP contribution in [0, 0.1) is 5.92 Å². The lowest BCUT2D eigenvalue weighted by Crippen LogP contribution is -2.53. The van der Waals surface area contributed by atoms with Gasteiger partial charge < -0.3 is 10.2 Å². The molecule has 0 aliphatic carbocycles. The summed E-state index contributed by atoms with van der Waals surface area (Å²) in [4.78, 5) is 2.02. The summed E-state index contributed by atoms with van der Waals surface area (Å²) >= 11 is 2.97. The zero-order valence-electron chi connectivity index (χ0n) is 11.5. The minimum Gasteiger partial charge on any atom is -0.369 e. The van der Waals surface area contributed by atoms with Gasteiger partial charge in [0.2, 0.25) is 0 Å². The molecule has 112 valence electrons. The van der Waals surface area contributed by atoms with E-state index in [1.165, 1.54) is 12.1 Å². The molecule has 6 heteroatoms. The van der Waals surface area contributed by atoms with Crippen LogP contribution in [-0.2, 0) is 6.18 Å². The molecule has 0 bridgehead atoms. The second kappa shape index (κ2) is 5.93. The first-order chi connectivity index (χ1) is 9.29. The molecule has 0 radical (unpaired) electrons. The number of benzene rings is 1. The Morgan fingerprint density at radius 3 is 2.65 bits per heavy atom. The number of halogens is 4. The van der Waals surface area contributed by atoms with Crippen LogP contribution in [0.15, 0.2) is 22.7 Å². The van der Waals surface area contributed by atoms with Crippen molar-refractivity contribution < 1.29 is 13.2 Å². The molecule has 1 heterocycles. The van der Waals surface area contributed by atoms with Crippen molar-refractivity contribution in [1.82, 2.24) is 5.32 Å². The van der Waals surface area contributed by atoms with E-state index in [1.807, 2.05) is 4.90 Å². The highest BCUT2D eigenvalue weighted by atomic mass is 79.9. The van der Waals surface area contributed by atoms with Gasteiger partial charge in [-0.05, 0) is 24.1 Å². The van der Waals surface area contributed by atoms with E-state index in [1.54, 1.807) is 6.07 Å². The maximum absolute atomic E-state index is 12.9. The monoisotopic (exact) mass is 350 g/mol. The van der Waals surface area contributed by atoms with E-state index in [0.29, 0.717) is 17.6 Å². The molecule has 0 amide bonds. The van der Waals surface area contributed by atoms with Gasteiger partial charge in [0.25, 0.3) is 0 Å². The molecule has 1 N–H and O–H groups in total. The largest absolute Gasteiger partial charge is 0.417 e. The fraction of sp³-hybridized carbons (Fsp3) is 0.571. The van der Waals surface area contributed by atoms with Gasteiger partial charge in [-0.1, -0.05) is 29.8 Å². The van der Waals surface area contributed by atoms with Crippen LogP contribution in [0.5, 0.6) is 0 Å². The zero-order valence-corrected chi connectivity index (χ0v) is 13.1. The maximum Gasteiger partial charge on any atom is 0.417 e. The van der Waals surface area contributed by atoms with Gasteiger partial charge in [0.05, 0.1) is 5.56 Å². The van der Waals surface area contributed by atoms with Crippen LogP contribution >= 0.6 is 15.9 Å². The molecule has 1 atom stereocenters. The minimum atomic E-state index is -4.33. The standard InChI is InChI=1S/C14H18BrF3N2/c1-9(2)13-8-20(6-5-19-13)10-3-4-12(15)11(7-10)14(16,17)18/h3-4,7,9,13,19H,5-6,8H2,1-2H3. The number of anilines is 1. The molecule has 1 saturated heterocycles. The Morgan fingerprint density at radius 1 is 1.35 bits per heavy atom. The van der Waals surface area contributed by atoms with Crippen LogP contribution < -0.4 is 10.2 Å². The Labute approximate surface area is 125 Å². The van der Waals surface area contributed by atoms with Crippen molar-refractivity contribution >= 4 is 21.6 Å². The van der Waals surface area contributed by atoms with Crippen LogP contribution in [0.3, 0.4) is 0 Å². The lowest BCUT2D eigenvalue weighted by molar-refractivity contribution is -0.138. The van der Waals surface area contributed by atoms with Crippen LogP contribution in [0.4, 0.5) is 18.9 Å². The van der Waals surface area contributed by atoms with Crippen molar-refractivity contribution in [2.75, 3.05) is 24.5 Å². The van der Waals surface area contributed by atoms with Crippen molar-refractivity contribution in [3.8, 4) is 0 Å². The molecule has 0 spiro atoms. The van der Waals surface area contributed by atoms with Gasteiger partial charge in [-0.15, -0.1) is 0 Å². The smallest absolute Gasteiger partial charge is 0.369 e. The molecular weight excluding hydrogens is 333 g/mol. The third-order valence-corrected chi connectivity index (χ3v) is 4.32. The number of nitrogens with one attached hydrogen (secondary N) is 1. The molecule has 1 unspecified atom stereocenters. The molecule has 1 aliphatic rings. The van der Waals surface area contributed by atoms with Crippen molar-refractivity contribution in [3.05, 3.63) is 28.2 Å². The summed E-state index contributed by atoms with van der Waals surface area (Å²) < 4.78 is 38.9. The predicted octanol–water partition coefficient (Wildman–Crippen LogP) is 3.90. The Balaban J connectivity index is 2.25. The highest BCUT2D eigenvalue weighted by Gasteiger charge is 2.34. The van der Waals surface area contributed by atoms with Crippen molar-refractivity contribution in [3.63, 3.8) is 0 Å². The molecule has 2 nitrogen and oxygen atoms in total. The topological polar surface area (TPSA) is 15.3 Å². The third-order valence-electron chi connectivity index (χ3n) is 3.63. The van der Waals surface area contributed by atoms with Gasteiger partial charge in [0.1, 0.15) is 0 Å². The van der Waals surface area contributed by atoms with Crippen LogP contribution in [0.1, 0.15) is 19.4 Å². The Bertz CT molecular complexity index is 474. The van der Waals surface area contributed by atoms with E-state index >= 15 is 0 Å². The van der Waals surface area contributed by atoms with Gasteiger partial charge in [0.15, 0.2) is 0 Å². The van der Waals surface area contributed by atoms with E-state index in [0.717, 1.165) is 19.6 Å². The number of alkyl halides is 3. The Morgan fingerprint density at radius 2 is 2.05 bits per heavy atom. The second-order valence-electron chi connectivity index (χ2n) is 5.41. The summed E-state index contributed by atoms with van der Waals surface area (Å²) in [6, 6.07) is 4.75. The van der Waals surface area contributed by atoms with E-state index < -0.39 is 11.7 Å². The SMILES string of the molecule is CC(C)C1CN(c2ccc(Br)c(C(F)(F)F)c2)CCN1. The summed E-state index contributed by atoms with van der Waals surface area (Å²) in [5.41, 5.74) is 0.0160. The average molecular weight is 351 g/mol. The summed E-state index contributed by atoms with van der Waals surface area (Å²) in [6.45, 7) is 6.48. The van der Waals surface area contributed by atoms with Gasteiger partial charge in [-0.25, -0.2) is 0 Å². The van der Waals surface area contributed by atoms with Gasteiger partial charge >= 0.3 is 6.18 Å². The molecule has 2 rings (SSSR count). The fourth-order valence-corrected chi connectivity index (χ4v) is 2.86. The zero-order chi connectivity index (χ0) is 14.9. The van der Waals surface area contributed by atoms with E-state index in [2.05, 4.69) is 35.1 Å². The quantitative estimate of drug-likeness (QED) is 0.869. The number of hydrogen-bond donors (Lipinski definition) is 1. The summed E-state index contributed by atoms with van der Waals surface area (Å²) in [5.74, 6) is 0.454. The van der Waals surface area contributed by atoms with Crippen LogP contribution in [-0.4, -0.2) is 25.7 Å². The predicted molar refractivity (Wildman–Crippen MR) is 78.0 cm³/mol. The molecule has 1 fully saturated rings. The first kappa shape index (κ1) is 15.6. The lowest BCUT2D eigenvalue weighted by atomic mass is 10.0. The maximum atomic E-state index is 12.9. The summed E-state index contributed by atoms with van der Waals surface area (Å²) in [5, 5.41) is 3.40. The van der Waals surface area contributed by atoms with Gasteiger partial charge in [0, 0.05) is 35.8 Å². The highest BCUT2D eigenvalue weighted by Crippen LogP contribution is 2.37. The molecular formula is C14H18BrF3N2. The molecule has 1 aromatic carbocycles. The first-order valence-corrected chi connectivity index (χ1v) is 7.43. The number of hydrogen-bond acceptors (Lipinski definition) is 2. The van der Waals surface area contributed by atoms with E-state index in [4.69, 9.17) is 0 Å². The minimum absolute atomic E-state index is 0.0873. The van der Waals surface area contributed by atoms with Crippen molar-refractivity contribution in [1.29, 1.82) is 0 Å². The van der Waals surface area contributed by atoms with Crippen LogP contribution in [0.25, 0.3) is 0 Å². The summed E-state index contributed by atoms with van der Waals surface area (Å²) in [6.07, 6.45) is -4.33. The molecule has 1 aliphatic heterocycles. The molecule has 20 heavy (non-hydrogen) atoms. The number of rotatable bonds is 2. The van der Waals surface area contributed by atoms with Crippen LogP contribution in [0.2, 0.25) is 0 Å². The van der Waals surface area contributed by atoms with E-state index in [-0.39, 0.29) is 4.47 Å². The molecule has 1 aromatic rings. The lowest BCUT2D eigenvalue weighted by Gasteiger charge is -2.37. The normalized spacial score (nSPS) is 20.6. The second-order valence-corrected chi connectivity index (χ2v) is 6.27. The highest BCUT2D eigenvalue weighted by molar-refractivity contribution is 9.10. The van der Waals surface area contributed by atoms with E-state index in [9.17, 15) is 13.2 Å². The van der Waals surface area contributed by atoms with Crippen molar-refractivity contribution in [2.24, 2.45) is 5.92 Å². The van der Waals surface area contributed by atoms with Crippen molar-refractivity contribution in [2.45, 2.75) is 26.1 Å².